The number of halogens is 3. The van der Waals surface area contributed by atoms with E-state index in [1.165, 1.54) is 12.1 Å². The van der Waals surface area contributed by atoms with Gasteiger partial charge in [-0.2, -0.15) is 13.2 Å². The van der Waals surface area contributed by atoms with E-state index in [9.17, 15) is 13.2 Å². The van der Waals surface area contributed by atoms with Gasteiger partial charge >= 0.3 is 6.18 Å². The van der Waals surface area contributed by atoms with Crippen LogP contribution in [0.2, 0.25) is 0 Å². The number of hydrogen-bond donors (Lipinski definition) is 0. The van der Waals surface area contributed by atoms with Crippen molar-refractivity contribution < 1.29 is 13.2 Å². The molecule has 2 aromatic heterocycles. The van der Waals surface area contributed by atoms with Gasteiger partial charge in [0.1, 0.15) is 0 Å². The largest absolute Gasteiger partial charge is 0.416 e. The van der Waals surface area contributed by atoms with Crippen molar-refractivity contribution in [1.29, 1.82) is 0 Å². The maximum Gasteiger partial charge on any atom is 0.416 e. The number of aromatic nitrogens is 3. The standard InChI is InChI=1S/C23H16F3N3/c24-23(25,26)21-7-5-20(6-8-21)22(15-29-14-13-28-16-29)19-3-1-17(2-4-19)18-9-11-27-12-10-18/h1-16H/b22-15-. The molecular formula is C23H16F3N3. The Hall–Kier alpha value is -3.67. The van der Waals surface area contributed by atoms with Gasteiger partial charge in [0.15, 0.2) is 0 Å². The van der Waals surface area contributed by atoms with Crippen molar-refractivity contribution in [2.24, 2.45) is 0 Å². The highest BCUT2D eigenvalue weighted by Crippen LogP contribution is 2.32. The topological polar surface area (TPSA) is 30.7 Å². The van der Waals surface area contributed by atoms with Crippen LogP contribution in [0.1, 0.15) is 16.7 Å². The summed E-state index contributed by atoms with van der Waals surface area (Å²) in [5.41, 5.74) is 3.76. The molecule has 144 valence electrons. The Morgan fingerprint density at radius 3 is 1.86 bits per heavy atom. The van der Waals surface area contributed by atoms with Gasteiger partial charge in [0, 0.05) is 36.6 Å². The Labute approximate surface area is 165 Å². The van der Waals surface area contributed by atoms with Gasteiger partial charge in [-0.05, 0) is 46.5 Å². The van der Waals surface area contributed by atoms with Crippen LogP contribution in [0, 0.1) is 0 Å². The van der Waals surface area contributed by atoms with Crippen molar-refractivity contribution >= 4 is 11.8 Å². The highest BCUT2D eigenvalue weighted by Gasteiger charge is 2.30. The van der Waals surface area contributed by atoms with Gasteiger partial charge in [-0.25, -0.2) is 4.98 Å². The van der Waals surface area contributed by atoms with Crippen LogP contribution in [-0.2, 0) is 6.18 Å². The fraction of sp³-hybridized carbons (Fsp3) is 0.0435. The smallest absolute Gasteiger partial charge is 0.312 e. The number of nitrogens with zero attached hydrogens (tertiary/aromatic N) is 3. The van der Waals surface area contributed by atoms with Crippen molar-refractivity contribution in [3.05, 3.63) is 108 Å². The molecule has 6 heteroatoms. The third kappa shape index (κ3) is 4.27. The van der Waals surface area contributed by atoms with E-state index < -0.39 is 11.7 Å². The number of benzene rings is 2. The Morgan fingerprint density at radius 2 is 1.31 bits per heavy atom. The Bertz CT molecular complexity index is 1100. The molecule has 0 amide bonds. The summed E-state index contributed by atoms with van der Waals surface area (Å²) in [6.45, 7) is 0. The molecule has 3 nitrogen and oxygen atoms in total. The van der Waals surface area contributed by atoms with Crippen LogP contribution in [0.3, 0.4) is 0 Å². The van der Waals surface area contributed by atoms with Gasteiger partial charge in [-0.3, -0.25) is 4.98 Å². The van der Waals surface area contributed by atoms with Gasteiger partial charge < -0.3 is 4.57 Å². The fourth-order valence-corrected chi connectivity index (χ4v) is 3.04. The normalized spacial score (nSPS) is 12.2. The van der Waals surface area contributed by atoms with Gasteiger partial charge in [0.05, 0.1) is 11.9 Å². The molecule has 2 heterocycles. The third-order valence-electron chi connectivity index (χ3n) is 4.54. The molecule has 2 aromatic carbocycles. The summed E-state index contributed by atoms with van der Waals surface area (Å²) in [6, 6.07) is 16.9. The highest BCUT2D eigenvalue weighted by atomic mass is 19.4. The van der Waals surface area contributed by atoms with Crippen molar-refractivity contribution in [2.75, 3.05) is 0 Å². The van der Waals surface area contributed by atoms with Gasteiger partial charge in [0.25, 0.3) is 0 Å². The maximum absolute atomic E-state index is 12.9. The van der Waals surface area contributed by atoms with E-state index in [-0.39, 0.29) is 0 Å². The average molecular weight is 391 g/mol. The Kier molecular flexibility index (Phi) is 4.99. The van der Waals surface area contributed by atoms with Crippen LogP contribution in [0.5, 0.6) is 0 Å². The average Bonchev–Trinajstić information content (AvgIpc) is 3.26. The van der Waals surface area contributed by atoms with E-state index in [1.807, 2.05) is 42.6 Å². The molecule has 0 spiro atoms. The predicted molar refractivity (Wildman–Crippen MR) is 107 cm³/mol. The van der Waals surface area contributed by atoms with E-state index >= 15 is 0 Å². The molecule has 0 aliphatic rings. The monoisotopic (exact) mass is 391 g/mol. The molecule has 4 rings (SSSR count). The van der Waals surface area contributed by atoms with Gasteiger partial charge in [0.2, 0.25) is 0 Å². The molecule has 0 atom stereocenters. The van der Waals surface area contributed by atoms with E-state index in [4.69, 9.17) is 0 Å². The second-order valence-corrected chi connectivity index (χ2v) is 6.44. The molecule has 0 bridgehead atoms. The lowest BCUT2D eigenvalue weighted by Gasteiger charge is -2.12. The minimum Gasteiger partial charge on any atom is -0.312 e. The molecule has 29 heavy (non-hydrogen) atoms. The van der Waals surface area contributed by atoms with Gasteiger partial charge in [-0.15, -0.1) is 0 Å². The first kappa shape index (κ1) is 18.7. The highest BCUT2D eigenvalue weighted by molar-refractivity contribution is 5.88. The lowest BCUT2D eigenvalue weighted by atomic mass is 9.95. The van der Waals surface area contributed by atoms with Gasteiger partial charge in [-0.1, -0.05) is 36.4 Å². The summed E-state index contributed by atoms with van der Waals surface area (Å²) in [6.07, 6.45) is 6.00. The first-order valence-electron chi connectivity index (χ1n) is 8.88. The van der Waals surface area contributed by atoms with Crippen LogP contribution < -0.4 is 0 Å². The number of rotatable bonds is 4. The van der Waals surface area contributed by atoms with E-state index in [1.54, 1.807) is 35.7 Å². The first-order chi connectivity index (χ1) is 14.0. The van der Waals surface area contributed by atoms with Crippen molar-refractivity contribution in [2.45, 2.75) is 6.18 Å². The third-order valence-corrected chi connectivity index (χ3v) is 4.54. The zero-order valence-electron chi connectivity index (χ0n) is 15.2. The number of alkyl halides is 3. The fourth-order valence-electron chi connectivity index (χ4n) is 3.04. The lowest BCUT2D eigenvalue weighted by molar-refractivity contribution is -0.137. The quantitative estimate of drug-likeness (QED) is 0.426. The summed E-state index contributed by atoms with van der Waals surface area (Å²) < 4.78 is 40.5. The predicted octanol–water partition coefficient (Wildman–Crippen LogP) is 6.01. The summed E-state index contributed by atoms with van der Waals surface area (Å²) in [5, 5.41) is 0. The molecule has 4 aromatic rings. The number of imidazole rings is 1. The van der Waals surface area contributed by atoms with Crippen LogP contribution >= 0.6 is 0 Å². The summed E-state index contributed by atoms with van der Waals surface area (Å²) in [5.74, 6) is 0. The maximum atomic E-state index is 12.9. The molecule has 0 unspecified atom stereocenters. The van der Waals surface area contributed by atoms with Crippen molar-refractivity contribution in [3.63, 3.8) is 0 Å². The lowest BCUT2D eigenvalue weighted by Crippen LogP contribution is -2.04. The van der Waals surface area contributed by atoms with E-state index in [2.05, 4.69) is 9.97 Å². The second-order valence-electron chi connectivity index (χ2n) is 6.44. The SMILES string of the molecule is FC(F)(F)c1ccc(/C(=C\n2ccnc2)c2ccc(-c3ccncc3)cc2)cc1. The second kappa shape index (κ2) is 7.75. The van der Waals surface area contributed by atoms with E-state index in [0.717, 1.165) is 34.4 Å². The molecule has 0 aliphatic carbocycles. The summed E-state index contributed by atoms with van der Waals surface area (Å²) in [4.78, 5) is 8.05. The van der Waals surface area contributed by atoms with Crippen LogP contribution in [0.15, 0.2) is 91.8 Å². The zero-order valence-corrected chi connectivity index (χ0v) is 15.2. The van der Waals surface area contributed by atoms with Crippen LogP contribution in [-0.4, -0.2) is 14.5 Å². The first-order valence-corrected chi connectivity index (χ1v) is 8.88. The van der Waals surface area contributed by atoms with Crippen LogP contribution in [0.4, 0.5) is 13.2 Å². The van der Waals surface area contributed by atoms with E-state index in [0.29, 0.717) is 5.56 Å². The minimum absolute atomic E-state index is 0.670. The Balaban J connectivity index is 1.74. The van der Waals surface area contributed by atoms with Crippen molar-refractivity contribution in [1.82, 2.24) is 14.5 Å². The molecule has 0 saturated carbocycles. The zero-order chi connectivity index (χ0) is 20.3. The van der Waals surface area contributed by atoms with Crippen molar-refractivity contribution in [3.8, 4) is 11.1 Å². The summed E-state index contributed by atoms with van der Waals surface area (Å²) in [7, 11) is 0. The minimum atomic E-state index is -4.36. The molecule has 0 radical (unpaired) electrons. The molecule has 0 aliphatic heterocycles. The van der Waals surface area contributed by atoms with Crippen LogP contribution in [0.25, 0.3) is 22.9 Å². The molecule has 0 saturated heterocycles. The summed E-state index contributed by atoms with van der Waals surface area (Å²) >= 11 is 0. The molecular weight excluding hydrogens is 375 g/mol. The molecule has 0 N–H and O–H groups in total. The molecule has 0 fully saturated rings. The number of hydrogen-bond acceptors (Lipinski definition) is 2. The Morgan fingerprint density at radius 1 is 0.724 bits per heavy atom. The number of pyridine rings is 1.